The molecule has 0 bridgehead atoms. The van der Waals surface area contributed by atoms with Crippen molar-refractivity contribution in [3.63, 3.8) is 0 Å². The van der Waals surface area contributed by atoms with E-state index in [0.717, 1.165) is 12.5 Å². The SMILES string of the molecule is COCCCO.O=C(c1ccccc1)c1ccc(O)c(O)c1O. The van der Waals surface area contributed by atoms with Gasteiger partial charge >= 0.3 is 0 Å². The molecule has 0 saturated heterocycles. The third kappa shape index (κ3) is 5.28. The van der Waals surface area contributed by atoms with Crippen LogP contribution >= 0.6 is 0 Å². The lowest BCUT2D eigenvalue weighted by Crippen LogP contribution is -2.01. The van der Waals surface area contributed by atoms with Gasteiger partial charge in [-0.2, -0.15) is 0 Å². The van der Waals surface area contributed by atoms with Gasteiger partial charge in [-0.25, -0.2) is 0 Å². The number of phenols is 3. The Labute approximate surface area is 134 Å². The summed E-state index contributed by atoms with van der Waals surface area (Å²) >= 11 is 0. The molecule has 0 aliphatic heterocycles. The first-order valence-corrected chi connectivity index (χ1v) is 6.96. The number of ether oxygens (including phenoxy) is 1. The van der Waals surface area contributed by atoms with Crippen LogP contribution < -0.4 is 0 Å². The lowest BCUT2D eigenvalue weighted by molar-refractivity contribution is 0.103. The summed E-state index contributed by atoms with van der Waals surface area (Å²) in [4.78, 5) is 12.0. The van der Waals surface area contributed by atoms with Crippen molar-refractivity contribution in [2.75, 3.05) is 20.3 Å². The van der Waals surface area contributed by atoms with Crippen molar-refractivity contribution >= 4 is 5.78 Å². The lowest BCUT2D eigenvalue weighted by Gasteiger charge is -2.06. The molecule has 2 aromatic carbocycles. The Hall–Kier alpha value is -2.57. The maximum atomic E-state index is 12.0. The second-order valence-corrected chi connectivity index (χ2v) is 4.59. The van der Waals surface area contributed by atoms with Crippen LogP contribution in [0.25, 0.3) is 0 Å². The van der Waals surface area contributed by atoms with Gasteiger partial charge in [-0.15, -0.1) is 0 Å². The van der Waals surface area contributed by atoms with Crippen LogP contribution in [0.3, 0.4) is 0 Å². The largest absolute Gasteiger partial charge is 0.504 e. The Morgan fingerprint density at radius 1 is 1.00 bits per heavy atom. The van der Waals surface area contributed by atoms with Gasteiger partial charge in [-0.1, -0.05) is 30.3 Å². The molecule has 0 fully saturated rings. The molecule has 6 nitrogen and oxygen atoms in total. The van der Waals surface area contributed by atoms with E-state index >= 15 is 0 Å². The van der Waals surface area contributed by atoms with E-state index in [1.54, 1.807) is 37.4 Å². The minimum Gasteiger partial charge on any atom is -0.504 e. The maximum Gasteiger partial charge on any atom is 0.201 e. The molecular formula is C17H20O6. The highest BCUT2D eigenvalue weighted by atomic mass is 16.5. The summed E-state index contributed by atoms with van der Waals surface area (Å²) in [7, 11) is 1.62. The highest BCUT2D eigenvalue weighted by Gasteiger charge is 2.18. The van der Waals surface area contributed by atoms with Crippen LogP contribution in [0, 0.1) is 0 Å². The van der Waals surface area contributed by atoms with E-state index in [2.05, 4.69) is 4.74 Å². The zero-order valence-corrected chi connectivity index (χ0v) is 12.8. The Balaban J connectivity index is 0.000000379. The van der Waals surface area contributed by atoms with Crippen LogP contribution in [0.2, 0.25) is 0 Å². The fraction of sp³-hybridized carbons (Fsp3) is 0.235. The molecule has 0 atom stereocenters. The van der Waals surface area contributed by atoms with Gasteiger partial charge in [0.1, 0.15) is 0 Å². The fourth-order valence-corrected chi connectivity index (χ4v) is 1.71. The molecule has 0 radical (unpaired) electrons. The van der Waals surface area contributed by atoms with Gasteiger partial charge in [0.25, 0.3) is 0 Å². The van der Waals surface area contributed by atoms with Gasteiger partial charge in [0.05, 0.1) is 5.56 Å². The molecule has 0 aliphatic rings. The van der Waals surface area contributed by atoms with E-state index in [0.29, 0.717) is 12.2 Å². The average Bonchev–Trinajstić information content (AvgIpc) is 2.59. The van der Waals surface area contributed by atoms with E-state index in [9.17, 15) is 15.0 Å². The molecule has 6 heteroatoms. The van der Waals surface area contributed by atoms with E-state index in [1.807, 2.05) is 0 Å². The first kappa shape index (κ1) is 18.5. The summed E-state index contributed by atoms with van der Waals surface area (Å²) in [6.45, 7) is 0.893. The zero-order valence-electron chi connectivity index (χ0n) is 12.8. The minimum absolute atomic E-state index is 0.0495. The van der Waals surface area contributed by atoms with Crippen molar-refractivity contribution < 1.29 is 30.0 Å². The second-order valence-electron chi connectivity index (χ2n) is 4.59. The molecule has 0 amide bonds. The normalized spacial score (nSPS) is 9.83. The fourth-order valence-electron chi connectivity index (χ4n) is 1.71. The number of benzene rings is 2. The lowest BCUT2D eigenvalue weighted by atomic mass is 10.0. The average molecular weight is 320 g/mol. The van der Waals surface area contributed by atoms with Crippen molar-refractivity contribution in [3.05, 3.63) is 53.6 Å². The number of ketones is 1. The number of rotatable bonds is 5. The Morgan fingerprint density at radius 3 is 2.17 bits per heavy atom. The summed E-state index contributed by atoms with van der Waals surface area (Å²) in [5.74, 6) is -2.18. The molecular weight excluding hydrogens is 300 g/mol. The number of aliphatic hydroxyl groups excluding tert-OH is 1. The van der Waals surface area contributed by atoms with Crippen LogP contribution in [0.4, 0.5) is 0 Å². The van der Waals surface area contributed by atoms with Gasteiger partial charge in [0, 0.05) is 25.9 Å². The molecule has 0 aliphatic carbocycles. The standard InChI is InChI=1S/C13H10O4.C4H10O2/c14-10-7-6-9(12(16)13(10)17)11(15)8-4-2-1-3-5-8;1-6-4-2-3-5/h1-7,14,16-17H;5H,2-4H2,1H3. The number of aromatic hydroxyl groups is 3. The second kappa shape index (κ2) is 9.45. The molecule has 0 unspecified atom stereocenters. The number of hydrogen-bond donors (Lipinski definition) is 4. The molecule has 0 aromatic heterocycles. The number of carbonyl (C=O) groups is 1. The monoisotopic (exact) mass is 320 g/mol. The third-order valence-corrected chi connectivity index (χ3v) is 2.92. The van der Waals surface area contributed by atoms with E-state index in [-0.39, 0.29) is 12.2 Å². The number of carbonyl (C=O) groups excluding carboxylic acids is 1. The maximum absolute atomic E-state index is 12.0. The van der Waals surface area contributed by atoms with Gasteiger partial charge in [-0.05, 0) is 18.6 Å². The molecule has 4 N–H and O–H groups in total. The van der Waals surface area contributed by atoms with Crippen molar-refractivity contribution in [2.45, 2.75) is 6.42 Å². The molecule has 124 valence electrons. The number of phenolic OH excluding ortho intramolecular Hbond substituents is 3. The van der Waals surface area contributed by atoms with E-state index in [4.69, 9.17) is 10.2 Å². The van der Waals surface area contributed by atoms with Crippen LogP contribution in [0.5, 0.6) is 17.2 Å². The molecule has 2 rings (SSSR count). The third-order valence-electron chi connectivity index (χ3n) is 2.92. The highest BCUT2D eigenvalue weighted by Crippen LogP contribution is 2.37. The predicted octanol–water partition coefficient (Wildman–Crippen LogP) is 2.05. The molecule has 0 spiro atoms. The van der Waals surface area contributed by atoms with Gasteiger partial charge in [-0.3, -0.25) is 4.79 Å². The molecule has 0 heterocycles. The number of hydrogen-bond acceptors (Lipinski definition) is 6. The summed E-state index contributed by atoms with van der Waals surface area (Å²) in [5.41, 5.74) is 0.347. The predicted molar refractivity (Wildman–Crippen MR) is 84.9 cm³/mol. The molecule has 23 heavy (non-hydrogen) atoms. The van der Waals surface area contributed by atoms with E-state index < -0.39 is 23.0 Å². The van der Waals surface area contributed by atoms with Crippen LogP contribution in [-0.4, -0.2) is 46.5 Å². The molecule has 0 saturated carbocycles. The Bertz CT molecular complexity index is 620. The van der Waals surface area contributed by atoms with E-state index in [1.165, 1.54) is 6.07 Å². The first-order valence-electron chi connectivity index (χ1n) is 6.96. The van der Waals surface area contributed by atoms with Crippen LogP contribution in [0.1, 0.15) is 22.3 Å². The highest BCUT2D eigenvalue weighted by molar-refractivity contribution is 6.11. The van der Waals surface area contributed by atoms with Crippen molar-refractivity contribution in [1.82, 2.24) is 0 Å². The Kier molecular flexibility index (Phi) is 7.59. The van der Waals surface area contributed by atoms with Crippen molar-refractivity contribution in [1.29, 1.82) is 0 Å². The van der Waals surface area contributed by atoms with Gasteiger partial charge in [0.2, 0.25) is 5.75 Å². The van der Waals surface area contributed by atoms with Crippen LogP contribution in [0.15, 0.2) is 42.5 Å². The quantitative estimate of drug-likeness (QED) is 0.381. The topological polar surface area (TPSA) is 107 Å². The zero-order chi connectivity index (χ0) is 17.2. The summed E-state index contributed by atoms with van der Waals surface area (Å²) in [5, 5.41) is 36.2. The number of methoxy groups -OCH3 is 1. The van der Waals surface area contributed by atoms with Gasteiger partial charge < -0.3 is 25.2 Å². The van der Waals surface area contributed by atoms with Crippen molar-refractivity contribution in [2.24, 2.45) is 0 Å². The van der Waals surface area contributed by atoms with Crippen LogP contribution in [-0.2, 0) is 4.74 Å². The first-order chi connectivity index (χ1) is 11.0. The van der Waals surface area contributed by atoms with Gasteiger partial charge in [0.15, 0.2) is 17.3 Å². The smallest absolute Gasteiger partial charge is 0.201 e. The minimum atomic E-state index is -0.688. The van der Waals surface area contributed by atoms with Crippen molar-refractivity contribution in [3.8, 4) is 17.2 Å². The summed E-state index contributed by atoms with van der Waals surface area (Å²) in [6, 6.07) is 10.8. The molecule has 2 aromatic rings. The number of aliphatic hydroxyl groups is 1. The Morgan fingerprint density at radius 2 is 1.65 bits per heavy atom. The summed E-state index contributed by atoms with van der Waals surface area (Å²) in [6.07, 6.45) is 0.747. The summed E-state index contributed by atoms with van der Waals surface area (Å²) < 4.78 is 4.62.